The maximum absolute atomic E-state index is 12.1. The van der Waals surface area contributed by atoms with E-state index in [-0.39, 0.29) is 48.1 Å². The Kier molecular flexibility index (Phi) is 5.50. The number of amides is 2. The van der Waals surface area contributed by atoms with Crippen LogP contribution in [0.1, 0.15) is 54.3 Å². The molecular formula is C25H30ClN5O. The van der Waals surface area contributed by atoms with Gasteiger partial charge in [-0.25, -0.2) is 10.2 Å². The minimum absolute atomic E-state index is 0. The number of carbonyl (C=O) groups excluding carboxylic acids is 1. The van der Waals surface area contributed by atoms with E-state index in [9.17, 15) is 4.79 Å². The molecule has 7 heteroatoms. The van der Waals surface area contributed by atoms with Crippen LogP contribution in [0.2, 0.25) is 0 Å². The normalized spacial score (nSPS) is 32.2. The molecule has 0 radical (unpaired) electrons. The van der Waals surface area contributed by atoms with Gasteiger partial charge in [-0.3, -0.25) is 10.3 Å². The van der Waals surface area contributed by atoms with E-state index in [0.29, 0.717) is 5.92 Å². The van der Waals surface area contributed by atoms with E-state index in [2.05, 4.69) is 76.8 Å². The van der Waals surface area contributed by atoms with E-state index in [0.717, 1.165) is 19.3 Å². The van der Waals surface area contributed by atoms with Gasteiger partial charge in [0.1, 0.15) is 6.17 Å². The Labute approximate surface area is 195 Å². The van der Waals surface area contributed by atoms with Gasteiger partial charge >= 0.3 is 6.03 Å². The van der Waals surface area contributed by atoms with Gasteiger partial charge in [-0.15, -0.1) is 12.4 Å². The summed E-state index contributed by atoms with van der Waals surface area (Å²) in [6.45, 7) is 0. The highest BCUT2D eigenvalue weighted by Gasteiger charge is 2.47. The zero-order valence-corrected chi connectivity index (χ0v) is 18.7. The molecule has 2 saturated heterocycles. The third-order valence-corrected chi connectivity index (χ3v) is 7.80. The fourth-order valence-electron chi connectivity index (χ4n) is 5.83. The number of carbonyl (C=O) groups is 1. The van der Waals surface area contributed by atoms with Crippen LogP contribution in [-0.4, -0.2) is 23.1 Å². The highest BCUT2D eigenvalue weighted by molar-refractivity contribution is 5.85. The predicted molar refractivity (Wildman–Crippen MR) is 127 cm³/mol. The zero-order valence-electron chi connectivity index (χ0n) is 17.9. The molecular weight excluding hydrogens is 422 g/mol. The lowest BCUT2D eigenvalue weighted by atomic mass is 9.71. The van der Waals surface area contributed by atoms with Crippen LogP contribution in [-0.2, 0) is 5.54 Å². The molecule has 5 N–H and O–H groups in total. The first kappa shape index (κ1) is 21.5. The Hall–Kier alpha value is -2.38. The zero-order chi connectivity index (χ0) is 21.0. The molecule has 3 fully saturated rings. The Morgan fingerprint density at radius 1 is 1.00 bits per heavy atom. The molecule has 1 aliphatic carbocycles. The van der Waals surface area contributed by atoms with Gasteiger partial charge < -0.3 is 11.1 Å². The largest absolute Gasteiger partial charge is 0.337 e. The van der Waals surface area contributed by atoms with Crippen LogP contribution < -0.4 is 21.9 Å². The fraction of sp³-hybridized carbons (Fsp3) is 0.400. The molecule has 0 spiro atoms. The lowest BCUT2D eigenvalue weighted by Gasteiger charge is -2.47. The van der Waals surface area contributed by atoms with Crippen molar-refractivity contribution in [3.63, 3.8) is 0 Å². The molecule has 5 atom stereocenters. The van der Waals surface area contributed by atoms with E-state index >= 15 is 0 Å². The van der Waals surface area contributed by atoms with Crippen molar-refractivity contribution >= 4 is 18.4 Å². The summed E-state index contributed by atoms with van der Waals surface area (Å²) < 4.78 is 0. The number of fused-ring (bicyclic) bond motifs is 3. The summed E-state index contributed by atoms with van der Waals surface area (Å²) in [6.07, 6.45) is 8.38. The highest BCUT2D eigenvalue weighted by atomic mass is 35.5. The first-order valence-electron chi connectivity index (χ1n) is 11.3. The maximum atomic E-state index is 12.1. The smallest absolute Gasteiger partial charge is 0.321 e. The van der Waals surface area contributed by atoms with Crippen molar-refractivity contribution in [1.29, 1.82) is 0 Å². The van der Waals surface area contributed by atoms with Crippen molar-refractivity contribution in [3.05, 3.63) is 83.6 Å². The van der Waals surface area contributed by atoms with Gasteiger partial charge in [-0.2, -0.15) is 0 Å². The molecule has 2 amide bonds. The molecule has 0 bridgehead atoms. The number of urea groups is 1. The summed E-state index contributed by atoms with van der Waals surface area (Å²) in [5.41, 5.74) is 16.3. The second-order valence-corrected chi connectivity index (χ2v) is 9.49. The van der Waals surface area contributed by atoms with Gasteiger partial charge in [-0.1, -0.05) is 60.7 Å². The number of rotatable bonds is 3. The predicted octanol–water partition coefficient (Wildman–Crippen LogP) is 3.63. The van der Waals surface area contributed by atoms with Gasteiger partial charge in [0.25, 0.3) is 0 Å². The van der Waals surface area contributed by atoms with E-state index in [1.54, 1.807) is 4.90 Å². The number of nitrogens with zero attached hydrogens (tertiary/aromatic N) is 1. The number of hydrogen-bond acceptors (Lipinski definition) is 4. The van der Waals surface area contributed by atoms with Crippen LogP contribution in [0.25, 0.3) is 0 Å². The van der Waals surface area contributed by atoms with Crippen molar-refractivity contribution in [1.82, 2.24) is 21.1 Å². The van der Waals surface area contributed by atoms with Crippen LogP contribution in [0.4, 0.5) is 4.79 Å². The number of piperidine rings is 1. The number of nitrogens with one attached hydrogen (secondary N) is 3. The monoisotopic (exact) mass is 451 g/mol. The Morgan fingerprint density at radius 3 is 2.44 bits per heavy atom. The number of nitrogens with two attached hydrogens (primary N) is 1. The average Bonchev–Trinajstić information content (AvgIpc) is 3.18. The van der Waals surface area contributed by atoms with Crippen LogP contribution in [0.5, 0.6) is 0 Å². The minimum Gasteiger partial charge on any atom is -0.321 e. The van der Waals surface area contributed by atoms with Crippen LogP contribution in [0.3, 0.4) is 0 Å². The van der Waals surface area contributed by atoms with Crippen LogP contribution >= 0.6 is 12.4 Å². The first-order valence-corrected chi connectivity index (χ1v) is 11.3. The minimum atomic E-state index is -0.133. The van der Waals surface area contributed by atoms with Gasteiger partial charge in [0.05, 0.1) is 0 Å². The molecule has 1 saturated carbocycles. The molecule has 6 nitrogen and oxygen atoms in total. The maximum Gasteiger partial charge on any atom is 0.337 e. The summed E-state index contributed by atoms with van der Waals surface area (Å²) in [6, 6.07) is 20.0. The third kappa shape index (κ3) is 3.42. The van der Waals surface area contributed by atoms with E-state index in [1.807, 2.05) is 6.20 Å². The summed E-state index contributed by atoms with van der Waals surface area (Å²) in [5, 5.41) is 3.91. The quantitative estimate of drug-likeness (QED) is 0.574. The van der Waals surface area contributed by atoms with Gasteiger partial charge in [0.2, 0.25) is 0 Å². The summed E-state index contributed by atoms with van der Waals surface area (Å²) in [5.74, 6) is 0.599. The molecule has 3 heterocycles. The molecule has 2 aromatic rings. The van der Waals surface area contributed by atoms with E-state index in [4.69, 9.17) is 5.73 Å². The molecule has 32 heavy (non-hydrogen) atoms. The summed E-state index contributed by atoms with van der Waals surface area (Å²) in [7, 11) is 0. The first-order chi connectivity index (χ1) is 15.1. The second kappa shape index (κ2) is 8.19. The molecule has 2 aromatic carbocycles. The molecule has 168 valence electrons. The molecule has 5 unspecified atom stereocenters. The SMILES string of the molecule is Cl.NC1(c2ccc(C3NC4C=CN5C(=O)NNC5C4CC3c3ccccc3)cc2)CCC1. The van der Waals surface area contributed by atoms with Gasteiger partial charge in [0, 0.05) is 35.7 Å². The number of halogens is 1. The van der Waals surface area contributed by atoms with Crippen molar-refractivity contribution < 1.29 is 4.79 Å². The van der Waals surface area contributed by atoms with Crippen LogP contribution in [0.15, 0.2) is 66.9 Å². The highest BCUT2D eigenvalue weighted by Crippen LogP contribution is 2.45. The van der Waals surface area contributed by atoms with E-state index < -0.39 is 0 Å². The fourth-order valence-corrected chi connectivity index (χ4v) is 5.83. The lowest BCUT2D eigenvalue weighted by Crippen LogP contribution is -2.57. The molecule has 3 aliphatic heterocycles. The van der Waals surface area contributed by atoms with E-state index in [1.165, 1.54) is 23.1 Å². The van der Waals surface area contributed by atoms with Gasteiger partial charge in [-0.05, 0) is 42.4 Å². The molecule has 4 aliphatic rings. The van der Waals surface area contributed by atoms with Crippen molar-refractivity contribution in [2.45, 2.75) is 55.4 Å². The molecule has 6 rings (SSSR count). The van der Waals surface area contributed by atoms with Crippen molar-refractivity contribution in [2.75, 3.05) is 0 Å². The Morgan fingerprint density at radius 2 is 1.75 bits per heavy atom. The van der Waals surface area contributed by atoms with Crippen molar-refractivity contribution in [3.8, 4) is 0 Å². The topological polar surface area (TPSA) is 82.4 Å². The van der Waals surface area contributed by atoms with Crippen LogP contribution in [0, 0.1) is 5.92 Å². The second-order valence-electron chi connectivity index (χ2n) is 9.49. The number of hydrogen-bond donors (Lipinski definition) is 4. The third-order valence-electron chi connectivity index (χ3n) is 7.80. The Balaban J connectivity index is 0.00000216. The number of hydrazine groups is 1. The Bertz CT molecular complexity index is 1010. The number of benzene rings is 2. The summed E-state index contributed by atoms with van der Waals surface area (Å²) >= 11 is 0. The summed E-state index contributed by atoms with van der Waals surface area (Å²) in [4.78, 5) is 13.9. The molecule has 0 aromatic heterocycles. The van der Waals surface area contributed by atoms with Crippen molar-refractivity contribution in [2.24, 2.45) is 11.7 Å². The standard InChI is InChI=1S/C25H29N5O.ClH/c26-25(12-4-13-25)18-9-7-17(8-10-18)22-19(16-5-2-1-3-6-16)15-20-21(27-22)11-14-30-23(20)28-29-24(30)31;/h1-3,5-11,14,19-23,27-28H,4,12-13,15,26H2,(H,29,31);1H. The average molecular weight is 452 g/mol. The lowest BCUT2D eigenvalue weighted by molar-refractivity contribution is 0.125. The van der Waals surface area contributed by atoms with Gasteiger partial charge in [0.15, 0.2) is 0 Å².